The first-order chi connectivity index (χ1) is 23.2. The first-order valence-electron chi connectivity index (χ1n) is 16.5. The van der Waals surface area contributed by atoms with Gasteiger partial charge >= 0.3 is 30.6 Å². The molecule has 0 spiro atoms. The van der Waals surface area contributed by atoms with Crippen LogP contribution in [0.5, 0.6) is 0 Å². The number of aryl methyl sites for hydroxylation is 1. The Kier molecular flexibility index (Phi) is 24.6. The summed E-state index contributed by atoms with van der Waals surface area (Å²) in [6.07, 6.45) is -3.57. The standard InChI is InChI=1S/C29H52N7O12P.2ClH.Cu/c1-19-16-36(29(42)31-27(19)40)23-15-20(32-33-30)21(47-23)17-45-49(43,46-18-22-24(37)25(38)26(39)28(41)48-22)44-14-10-8-6-5-7-9-11-35(4)13-12-34(2)3;;;/h16,20-26,28,37-39,41H,5-15,17-18H2,1-4H3,(H,31,40,42);2*1H;/q;;;+2/p-2/t20-,21+,22+,23+,24+,25-,26+,28?,49?;;;/m0.../s1. The average molecular weight is 856 g/mol. The number of halogens is 2. The Morgan fingerprint density at radius 3 is 2.17 bits per heavy atom. The summed E-state index contributed by atoms with van der Waals surface area (Å²) >= 11 is 0. The Hall–Kier alpha value is -1.12. The monoisotopic (exact) mass is 854 g/mol. The summed E-state index contributed by atoms with van der Waals surface area (Å²) < 4.78 is 42.6. The maximum Gasteiger partial charge on any atom is 2.00 e. The van der Waals surface area contributed by atoms with Crippen LogP contribution in [0.1, 0.15) is 56.7 Å². The van der Waals surface area contributed by atoms with Crippen LogP contribution in [0.25, 0.3) is 10.4 Å². The van der Waals surface area contributed by atoms with Gasteiger partial charge in [-0.1, -0.05) is 30.8 Å². The average Bonchev–Trinajstić information content (AvgIpc) is 3.46. The number of rotatable bonds is 21. The Morgan fingerprint density at radius 1 is 0.923 bits per heavy atom. The number of aromatic amines is 1. The second-order valence-corrected chi connectivity index (χ2v) is 14.4. The van der Waals surface area contributed by atoms with Crippen molar-refractivity contribution in [1.29, 1.82) is 0 Å². The number of azide groups is 1. The van der Waals surface area contributed by atoms with Crippen LogP contribution in [0.15, 0.2) is 20.9 Å². The summed E-state index contributed by atoms with van der Waals surface area (Å²) in [4.78, 5) is 33.7. The number of nitrogens with zero attached hydrogens (tertiary/aromatic N) is 6. The molecule has 0 bridgehead atoms. The minimum absolute atomic E-state index is 0. The second-order valence-electron chi connectivity index (χ2n) is 12.8. The molecule has 1 aromatic heterocycles. The van der Waals surface area contributed by atoms with Crippen LogP contribution in [0.3, 0.4) is 0 Å². The number of H-pyrrole nitrogens is 1. The molecule has 0 aromatic carbocycles. The van der Waals surface area contributed by atoms with E-state index in [1.54, 1.807) is 0 Å². The SMILES string of the molecule is Cc1cn([C@H]2C[C@H](N=[N+]=[N-])[C@@H](COP(=O)(OCCCCCCCCN(C)CCN(C)C)OC[C@H]3OC(O)[C@H](O)[C@@H](O)[C@@H]3O)O2)c(=O)[nH]c1=O.[Cl-].[Cl-].[Cu+2]. The molecule has 305 valence electrons. The molecular weight excluding hydrogens is 804 g/mol. The summed E-state index contributed by atoms with van der Waals surface area (Å²) in [6, 6.07) is -0.856. The van der Waals surface area contributed by atoms with E-state index >= 15 is 0 Å². The van der Waals surface area contributed by atoms with Crippen LogP contribution in [0.4, 0.5) is 0 Å². The van der Waals surface area contributed by atoms with Crippen LogP contribution in [-0.4, -0.2) is 143 Å². The molecule has 3 heterocycles. The molecule has 1 radical (unpaired) electrons. The smallest absolute Gasteiger partial charge is 1.00 e. The van der Waals surface area contributed by atoms with Crippen molar-refractivity contribution in [2.45, 2.75) is 101 Å². The molecule has 2 saturated heterocycles. The quantitative estimate of drug-likeness (QED) is 0.0193. The van der Waals surface area contributed by atoms with Gasteiger partial charge in [0, 0.05) is 36.2 Å². The van der Waals surface area contributed by atoms with Crippen molar-refractivity contribution in [3.8, 4) is 0 Å². The van der Waals surface area contributed by atoms with E-state index in [-0.39, 0.29) is 60.5 Å². The molecule has 23 heteroatoms. The molecule has 0 amide bonds. The third-order valence-electron chi connectivity index (χ3n) is 8.45. The molecule has 52 heavy (non-hydrogen) atoms. The maximum absolute atomic E-state index is 13.8. The topological polar surface area (TPSA) is 254 Å². The molecular formula is C29H52Cl2CuN7O12P. The third-order valence-corrected chi connectivity index (χ3v) is 9.88. The minimum atomic E-state index is -4.43. The van der Waals surface area contributed by atoms with E-state index in [2.05, 4.69) is 46.0 Å². The number of hydrogen-bond donors (Lipinski definition) is 5. The zero-order valence-corrected chi connectivity index (χ0v) is 33.0. The summed E-state index contributed by atoms with van der Waals surface area (Å²) in [5.41, 5.74) is 8.09. The van der Waals surface area contributed by atoms with E-state index < -0.39 is 81.4 Å². The van der Waals surface area contributed by atoms with Gasteiger partial charge in [0.2, 0.25) is 0 Å². The minimum Gasteiger partial charge on any atom is -1.00 e. The zero-order chi connectivity index (χ0) is 36.1. The van der Waals surface area contributed by atoms with Gasteiger partial charge in [0.1, 0.15) is 30.6 Å². The third kappa shape index (κ3) is 15.9. The number of phosphoric ester groups is 1. The number of aliphatic hydroxyl groups excluding tert-OH is 4. The number of phosphoric acid groups is 1. The zero-order valence-electron chi connectivity index (χ0n) is 29.6. The molecule has 5 N–H and O–H groups in total. The van der Waals surface area contributed by atoms with E-state index in [4.69, 9.17) is 28.6 Å². The second kappa shape index (κ2) is 25.1. The Labute approximate surface area is 325 Å². The van der Waals surface area contributed by atoms with Crippen LogP contribution >= 0.6 is 7.82 Å². The largest absolute Gasteiger partial charge is 2.00 e. The molecule has 9 atom stereocenters. The van der Waals surface area contributed by atoms with Crippen LogP contribution < -0.4 is 36.1 Å². The Morgan fingerprint density at radius 2 is 1.54 bits per heavy atom. The molecule has 2 aliphatic rings. The van der Waals surface area contributed by atoms with Gasteiger partial charge in [0.05, 0.1) is 32.0 Å². The number of unbranched alkanes of at least 4 members (excludes halogenated alkanes) is 5. The van der Waals surface area contributed by atoms with Gasteiger partial charge in [-0.3, -0.25) is 27.9 Å². The Balaban J connectivity index is 0.00000867. The van der Waals surface area contributed by atoms with Gasteiger partial charge < -0.3 is 64.5 Å². The first-order valence-corrected chi connectivity index (χ1v) is 18.0. The van der Waals surface area contributed by atoms with E-state index in [0.29, 0.717) is 6.42 Å². The number of aliphatic hydroxyl groups is 4. The molecule has 0 saturated carbocycles. The number of aromatic nitrogens is 2. The van der Waals surface area contributed by atoms with Crippen molar-refractivity contribution < 1.29 is 89.9 Å². The fourth-order valence-corrected chi connectivity index (χ4v) is 6.62. The molecule has 0 aliphatic carbocycles. The van der Waals surface area contributed by atoms with E-state index in [0.717, 1.165) is 56.3 Å². The molecule has 1 aromatic rings. The number of nitrogens with one attached hydrogen (secondary N) is 1. The van der Waals surface area contributed by atoms with Crippen molar-refractivity contribution >= 4 is 7.82 Å². The van der Waals surface area contributed by atoms with Gasteiger partial charge in [-0.25, -0.2) is 9.36 Å². The normalized spacial score (nSPS) is 26.9. The summed E-state index contributed by atoms with van der Waals surface area (Å²) in [5, 5.41) is 43.7. The van der Waals surface area contributed by atoms with Gasteiger partial charge in [0.25, 0.3) is 5.56 Å². The van der Waals surface area contributed by atoms with Gasteiger partial charge in [0.15, 0.2) is 6.29 Å². The molecule has 2 aliphatic heterocycles. The van der Waals surface area contributed by atoms with Crippen molar-refractivity contribution in [3.63, 3.8) is 0 Å². The van der Waals surface area contributed by atoms with Crippen LogP contribution in [0, 0.1) is 6.92 Å². The number of ether oxygens (including phenoxy) is 2. The van der Waals surface area contributed by atoms with Crippen molar-refractivity contribution in [3.05, 3.63) is 43.0 Å². The predicted octanol–water partition coefficient (Wildman–Crippen LogP) is -5.39. The number of likely N-dealkylation sites (N-methyl/N-ethyl adjacent to an activating group) is 2. The molecule has 2 fully saturated rings. The molecule has 19 nitrogen and oxygen atoms in total. The van der Waals surface area contributed by atoms with E-state index in [1.807, 2.05) is 0 Å². The first kappa shape index (κ1) is 50.9. The van der Waals surface area contributed by atoms with Crippen LogP contribution in [-0.2, 0) is 44.7 Å². The van der Waals surface area contributed by atoms with Crippen molar-refractivity contribution in [2.24, 2.45) is 5.11 Å². The van der Waals surface area contributed by atoms with Crippen molar-refractivity contribution in [1.82, 2.24) is 19.4 Å². The summed E-state index contributed by atoms with van der Waals surface area (Å²) in [7, 11) is 1.79. The van der Waals surface area contributed by atoms with Crippen molar-refractivity contribution in [2.75, 3.05) is 60.6 Å². The summed E-state index contributed by atoms with van der Waals surface area (Å²) in [6.45, 7) is 3.43. The fraction of sp³-hybridized carbons (Fsp3) is 0.862. The van der Waals surface area contributed by atoms with E-state index in [1.165, 1.54) is 13.1 Å². The maximum atomic E-state index is 13.8. The van der Waals surface area contributed by atoms with Gasteiger partial charge in [-0.05, 0) is 53.0 Å². The van der Waals surface area contributed by atoms with Gasteiger partial charge in [-0.2, -0.15) is 0 Å². The molecule has 2 unspecified atom stereocenters. The Bertz CT molecular complexity index is 1390. The van der Waals surface area contributed by atoms with E-state index in [9.17, 15) is 34.6 Å². The van der Waals surface area contributed by atoms with Gasteiger partial charge in [-0.15, -0.1) is 0 Å². The van der Waals surface area contributed by atoms with Crippen LogP contribution in [0.2, 0.25) is 0 Å². The summed E-state index contributed by atoms with van der Waals surface area (Å²) in [5.74, 6) is 0. The number of hydrogen-bond acceptors (Lipinski definition) is 15. The molecule has 3 rings (SSSR count). The predicted molar refractivity (Wildman–Crippen MR) is 176 cm³/mol. The fourth-order valence-electron chi connectivity index (χ4n) is 5.38.